The van der Waals surface area contributed by atoms with Crippen molar-refractivity contribution in [2.75, 3.05) is 6.26 Å². The van der Waals surface area contributed by atoms with Crippen molar-refractivity contribution in [1.82, 2.24) is 19.9 Å². The SMILES string of the molecule is CC(C)(O)c1ccccc1C/C=C/c1cccc(/C=C/c2ccc3ccc(Cl)cc3n2)c1.CC(C)(O)c1ccccc1CC[C@@H](O)c1cccc(/C=C/c2ccc3ccc(Cl)cc3n2)c1.CC(C)(O)c1ccccc1CC[C@H](OS(C)(=O)=O)c1cccc(/C=C/c2ccc3ccc(Cl)cc3n2)c1.CC1(C)OC(c2cccc(/C=C/c3ccc4ccc(Cl)cc4n3)c2)CCc2ccccc21. The lowest BCUT2D eigenvalue weighted by atomic mass is 9.90. The normalized spacial score (nSPS) is 14.1. The predicted octanol–water partition coefficient (Wildman–Crippen LogP) is 29.4. The quantitative estimate of drug-likeness (QED) is 0.0398. The second-order valence-electron chi connectivity index (χ2n) is 35.8. The molecule has 0 fully saturated rings. The van der Waals surface area contributed by atoms with Gasteiger partial charge in [0.05, 0.1) is 85.7 Å². The predicted molar refractivity (Wildman–Crippen MR) is 558 cm³/mol. The van der Waals surface area contributed by atoms with E-state index in [9.17, 15) is 28.8 Å². The maximum absolute atomic E-state index is 12.1. The number of rotatable bonds is 25. The first-order valence-corrected chi connectivity index (χ1v) is 48.3. The van der Waals surface area contributed by atoms with Gasteiger partial charge in [-0.2, -0.15) is 8.42 Å². The zero-order valence-electron chi connectivity index (χ0n) is 76.6. The number of pyridine rings is 4. The summed E-state index contributed by atoms with van der Waals surface area (Å²) in [5.74, 6) is 0. The summed E-state index contributed by atoms with van der Waals surface area (Å²) in [5, 5.41) is 49.1. The third-order valence-electron chi connectivity index (χ3n) is 23.4. The minimum atomic E-state index is -3.70. The van der Waals surface area contributed by atoms with Crippen LogP contribution in [-0.4, -0.2) is 55.0 Å². The fourth-order valence-corrected chi connectivity index (χ4v) is 18.0. The first-order valence-electron chi connectivity index (χ1n) is 44.9. The Hall–Kier alpha value is -12.2. The van der Waals surface area contributed by atoms with Crippen LogP contribution in [0.5, 0.6) is 0 Å². The van der Waals surface area contributed by atoms with Crippen LogP contribution >= 0.6 is 46.4 Å². The van der Waals surface area contributed by atoms with E-state index in [1.807, 2.05) is 275 Å². The zero-order chi connectivity index (χ0) is 94.7. The summed E-state index contributed by atoms with van der Waals surface area (Å²) in [6, 6.07) is 104. The van der Waals surface area contributed by atoms with Crippen molar-refractivity contribution >= 4 is 155 Å². The number of fused-ring (bicyclic) bond motifs is 5. The minimum absolute atomic E-state index is 0.0617. The van der Waals surface area contributed by atoms with E-state index in [0.717, 1.165) is 164 Å². The summed E-state index contributed by atoms with van der Waals surface area (Å²) in [5.41, 5.74) is 20.4. The standard InChI is InChI=1S/C30H30ClNO4S.C29H28ClNO2.2C29H26ClNO/c1-30(2,33)27-10-5-4-8-22(27)14-18-29(36-37(3,34)35)24-9-6-7-21(19-24)11-16-26-17-13-23-12-15-25(31)20-28(23)32-26;1-29(2,33)26-9-4-3-7-21(26)13-17-28(32)23-8-5-6-20(18-23)10-15-25-16-12-22-11-14-24(30)19-27(22)31-25;1-29(2)26-9-4-3-7-21(26)13-17-28(32-29)23-8-5-6-20(18-23)10-15-25-16-12-22-11-14-24(30)19-27(22)31-25;1-29(2,32)27-12-4-3-10-23(27)11-6-9-21-7-5-8-22(19-21)13-17-26-18-15-24-14-16-25(30)20-28(24)31-26/h4-13,15-17,19-20,29,33H,14,18H2,1-3H3;3-12,14-16,18-19,28,32-33H,13,17H2,1-2H3;3-12,14-16,18-19,28H,13,17H2,1-2H3;3-10,12-20,32H,11H2,1-2H3/b16-11+;2*15-10+;9-6+,17-13+/t29-;28-;;/m01../s1. The fourth-order valence-electron chi connectivity index (χ4n) is 16.7. The number of nitrogens with zero attached hydrogens (tertiary/aromatic N) is 4. The highest BCUT2D eigenvalue weighted by Crippen LogP contribution is 2.41. The number of allylic oxidation sites excluding steroid dienone is 1. The molecule has 0 amide bonds. The molecule has 0 saturated heterocycles. The van der Waals surface area contributed by atoms with E-state index in [0.29, 0.717) is 45.8 Å². The number of benzene rings is 12. The molecule has 0 bridgehead atoms. The van der Waals surface area contributed by atoms with Gasteiger partial charge in [0.2, 0.25) is 0 Å². The highest BCUT2D eigenvalue weighted by atomic mass is 35.5. The molecule has 4 N–H and O–H groups in total. The van der Waals surface area contributed by atoms with E-state index < -0.39 is 39.1 Å². The summed E-state index contributed by atoms with van der Waals surface area (Å²) in [6.45, 7) is 15.1. The summed E-state index contributed by atoms with van der Waals surface area (Å²) >= 11 is 24.4. The molecule has 1 aliphatic heterocycles. The first-order chi connectivity index (χ1) is 64.1. The maximum atomic E-state index is 12.1. The van der Waals surface area contributed by atoms with Gasteiger partial charge in [-0.25, -0.2) is 19.9 Å². The first kappa shape index (κ1) is 97.9. The summed E-state index contributed by atoms with van der Waals surface area (Å²) in [6.07, 6.45) is 25.2. The van der Waals surface area contributed by atoms with Crippen molar-refractivity contribution < 1.29 is 37.8 Å². The lowest BCUT2D eigenvalue weighted by molar-refractivity contribution is -0.0766. The highest BCUT2D eigenvalue weighted by molar-refractivity contribution is 7.86. The van der Waals surface area contributed by atoms with Gasteiger partial charge in [0, 0.05) is 41.6 Å². The molecule has 680 valence electrons. The topological polar surface area (TPSA) is 185 Å². The molecule has 0 saturated carbocycles. The number of halogens is 4. The van der Waals surface area contributed by atoms with Crippen LogP contribution in [0, 0.1) is 0 Å². The van der Waals surface area contributed by atoms with Crippen molar-refractivity contribution in [1.29, 1.82) is 0 Å². The summed E-state index contributed by atoms with van der Waals surface area (Å²) in [7, 11) is -3.70. The molecule has 3 atom stereocenters. The molecule has 1 aliphatic rings. The average Bonchev–Trinajstić information content (AvgIpc) is 1.64. The molecule has 1 unspecified atom stereocenters. The molecule has 16 aromatic rings. The fraction of sp³-hybridized carbons (Fsp3) is 0.197. The van der Waals surface area contributed by atoms with Crippen LogP contribution in [0.4, 0.5) is 0 Å². The van der Waals surface area contributed by atoms with Gasteiger partial charge in [-0.3, -0.25) is 4.18 Å². The average molecular weight is 1870 g/mol. The van der Waals surface area contributed by atoms with Gasteiger partial charge in [-0.1, -0.05) is 301 Å². The Labute approximate surface area is 807 Å². The van der Waals surface area contributed by atoms with Crippen LogP contribution in [0.15, 0.2) is 322 Å². The molecular weight excluding hydrogens is 1760 g/mol. The molecule has 4 aromatic heterocycles. The molecule has 134 heavy (non-hydrogen) atoms. The largest absolute Gasteiger partial charge is 0.388 e. The molecule has 0 aliphatic carbocycles. The van der Waals surface area contributed by atoms with Crippen LogP contribution in [-0.2, 0) is 67.1 Å². The molecule has 0 spiro atoms. The Morgan fingerprint density at radius 2 is 0.761 bits per heavy atom. The smallest absolute Gasteiger partial charge is 0.264 e. The van der Waals surface area contributed by atoms with Gasteiger partial charge >= 0.3 is 0 Å². The van der Waals surface area contributed by atoms with Crippen LogP contribution in [0.25, 0.3) is 98.3 Å². The van der Waals surface area contributed by atoms with Crippen molar-refractivity contribution in [3.05, 3.63) is 453 Å². The number of hydrogen-bond acceptors (Lipinski definition) is 12. The van der Waals surface area contributed by atoms with Crippen LogP contribution < -0.4 is 0 Å². The highest BCUT2D eigenvalue weighted by Gasteiger charge is 2.33. The van der Waals surface area contributed by atoms with Crippen LogP contribution in [0.3, 0.4) is 0 Å². The van der Waals surface area contributed by atoms with Gasteiger partial charge in [0.15, 0.2) is 0 Å². The van der Waals surface area contributed by atoms with E-state index in [2.05, 4.69) is 144 Å². The summed E-state index contributed by atoms with van der Waals surface area (Å²) in [4.78, 5) is 18.7. The van der Waals surface area contributed by atoms with E-state index in [1.54, 1.807) is 27.7 Å². The number of ether oxygens (including phenoxy) is 1. The lowest BCUT2D eigenvalue weighted by Crippen LogP contribution is -2.23. The minimum Gasteiger partial charge on any atom is -0.388 e. The maximum Gasteiger partial charge on any atom is 0.264 e. The number of aliphatic hydroxyl groups excluding tert-OH is 1. The molecule has 12 nitrogen and oxygen atoms in total. The van der Waals surface area contributed by atoms with Gasteiger partial charge < -0.3 is 25.2 Å². The van der Waals surface area contributed by atoms with Crippen molar-refractivity contribution in [2.24, 2.45) is 0 Å². The summed E-state index contributed by atoms with van der Waals surface area (Å²) < 4.78 is 36.3. The lowest BCUT2D eigenvalue weighted by Gasteiger charge is -2.30. The van der Waals surface area contributed by atoms with E-state index >= 15 is 0 Å². The molecule has 17 heteroatoms. The molecule has 0 radical (unpaired) electrons. The Balaban J connectivity index is 0.000000144. The Bertz CT molecular complexity index is 7130. The molecule has 12 aromatic carbocycles. The molecule has 5 heterocycles. The van der Waals surface area contributed by atoms with Crippen LogP contribution in [0.2, 0.25) is 20.1 Å². The Kier molecular flexibility index (Phi) is 32.4. The zero-order valence-corrected chi connectivity index (χ0v) is 80.4. The van der Waals surface area contributed by atoms with Gasteiger partial charge in [-0.05, 0) is 311 Å². The molecular formula is C117H110Cl4N4O8S. The second kappa shape index (κ2) is 44.3. The van der Waals surface area contributed by atoms with Crippen LogP contribution in [0.1, 0.15) is 205 Å². The monoisotopic (exact) mass is 1870 g/mol. The van der Waals surface area contributed by atoms with Crippen molar-refractivity contribution in [3.63, 3.8) is 0 Å². The van der Waals surface area contributed by atoms with Gasteiger partial charge in [0.25, 0.3) is 10.1 Å². The van der Waals surface area contributed by atoms with E-state index in [1.165, 1.54) is 16.7 Å². The van der Waals surface area contributed by atoms with Crippen molar-refractivity contribution in [3.8, 4) is 0 Å². The second-order valence-corrected chi connectivity index (χ2v) is 39.1. The third kappa shape index (κ3) is 27.8. The molecule has 17 rings (SSSR count). The number of aryl methyl sites for hydroxylation is 3. The Morgan fingerprint density at radius 3 is 1.21 bits per heavy atom. The van der Waals surface area contributed by atoms with E-state index in [-0.39, 0.29) is 11.7 Å². The number of aromatic nitrogens is 4. The van der Waals surface area contributed by atoms with Gasteiger partial charge in [-0.15, -0.1) is 0 Å². The third-order valence-corrected chi connectivity index (χ3v) is 24.9. The van der Waals surface area contributed by atoms with Crippen molar-refractivity contribution in [2.45, 2.75) is 141 Å². The number of aliphatic hydroxyl groups is 4. The van der Waals surface area contributed by atoms with E-state index in [4.69, 9.17) is 60.3 Å². The van der Waals surface area contributed by atoms with Gasteiger partial charge in [0.1, 0.15) is 6.10 Å². The number of hydrogen-bond donors (Lipinski definition) is 4. The Morgan fingerprint density at radius 1 is 0.403 bits per heavy atom.